The first-order valence-electron chi connectivity index (χ1n) is 5.95. The summed E-state index contributed by atoms with van der Waals surface area (Å²) in [6, 6.07) is 9.89. The van der Waals surface area contributed by atoms with E-state index in [1.165, 1.54) is 0 Å². The Balaban J connectivity index is 1.92. The summed E-state index contributed by atoms with van der Waals surface area (Å²) in [6.45, 7) is 1.93. The molecule has 0 aliphatic rings. The molecule has 0 saturated heterocycles. The Kier molecular flexibility index (Phi) is 4.82. The molecule has 0 fully saturated rings. The van der Waals surface area contributed by atoms with Crippen molar-refractivity contribution in [3.05, 3.63) is 46.2 Å². The van der Waals surface area contributed by atoms with E-state index in [2.05, 4.69) is 21.0 Å². The van der Waals surface area contributed by atoms with Crippen molar-refractivity contribution in [2.45, 2.75) is 18.2 Å². The minimum absolute atomic E-state index is 0.212. The van der Waals surface area contributed by atoms with Crippen LogP contribution in [0.4, 0.5) is 0 Å². The third-order valence-corrected chi connectivity index (χ3v) is 4.79. The maximum Gasteiger partial charge on any atom is 0.149 e. The zero-order valence-electron chi connectivity index (χ0n) is 10.9. The Morgan fingerprint density at radius 3 is 2.79 bits per heavy atom. The van der Waals surface area contributed by atoms with E-state index in [-0.39, 0.29) is 5.78 Å². The number of thioether (sulfide) groups is 1. The fourth-order valence-corrected chi connectivity index (χ4v) is 3.23. The number of nitrogens with zero attached hydrogens (tertiary/aromatic N) is 2. The van der Waals surface area contributed by atoms with Crippen LogP contribution >= 0.6 is 27.7 Å². The Hall–Kier alpha value is -1.07. The average molecular weight is 339 g/mol. The summed E-state index contributed by atoms with van der Waals surface area (Å²) in [6.07, 6.45) is 0.439. The third-order valence-electron chi connectivity index (χ3n) is 2.70. The van der Waals surface area contributed by atoms with Crippen LogP contribution in [0.3, 0.4) is 0 Å². The average Bonchev–Trinajstić information content (AvgIpc) is 2.67. The van der Waals surface area contributed by atoms with Crippen molar-refractivity contribution < 1.29 is 4.79 Å². The molecule has 5 heteroatoms. The smallest absolute Gasteiger partial charge is 0.149 e. The number of carbonyl (C=O) groups is 1. The van der Waals surface area contributed by atoms with E-state index < -0.39 is 0 Å². The number of rotatable bonds is 5. The van der Waals surface area contributed by atoms with Crippen molar-refractivity contribution in [1.82, 2.24) is 9.78 Å². The number of aromatic nitrogens is 2. The van der Waals surface area contributed by atoms with Crippen LogP contribution < -0.4 is 0 Å². The summed E-state index contributed by atoms with van der Waals surface area (Å²) in [5.41, 5.74) is 1.92. The molecule has 2 aromatic rings. The van der Waals surface area contributed by atoms with Crippen molar-refractivity contribution in [3.8, 4) is 0 Å². The second-order valence-electron chi connectivity index (χ2n) is 4.34. The van der Waals surface area contributed by atoms with E-state index >= 15 is 0 Å². The van der Waals surface area contributed by atoms with Crippen LogP contribution in [0.15, 0.2) is 39.7 Å². The first kappa shape index (κ1) is 14.3. The van der Waals surface area contributed by atoms with Crippen molar-refractivity contribution >= 4 is 33.5 Å². The molecule has 0 amide bonds. The number of benzene rings is 1. The monoisotopic (exact) mass is 338 g/mol. The lowest BCUT2D eigenvalue weighted by Crippen LogP contribution is -2.09. The zero-order valence-corrected chi connectivity index (χ0v) is 13.3. The number of carbonyl (C=O) groups excluding carboxylic acids is 1. The summed E-state index contributed by atoms with van der Waals surface area (Å²) >= 11 is 5.04. The number of aryl methyl sites for hydroxylation is 2. The Morgan fingerprint density at radius 1 is 1.42 bits per heavy atom. The van der Waals surface area contributed by atoms with Gasteiger partial charge in [-0.2, -0.15) is 5.10 Å². The second kappa shape index (κ2) is 6.39. The molecule has 2 rings (SSSR count). The molecule has 1 heterocycles. The standard InChI is InChI=1S/C14H15BrN2OS/c1-10-7-11(17(2)16-10)8-12(18)9-19-14-6-4-3-5-13(14)15/h3-7H,8-9H2,1-2H3. The molecule has 0 saturated carbocycles. The van der Waals surface area contributed by atoms with Crippen molar-refractivity contribution in [1.29, 1.82) is 0 Å². The number of Topliss-reactive ketones (excluding diaryl/α,β-unsaturated/α-hetero) is 1. The highest BCUT2D eigenvalue weighted by molar-refractivity contribution is 9.10. The van der Waals surface area contributed by atoms with E-state index in [1.54, 1.807) is 16.4 Å². The molecule has 0 aliphatic carbocycles. The molecule has 0 atom stereocenters. The molecule has 1 aromatic carbocycles. The number of hydrogen-bond donors (Lipinski definition) is 0. The van der Waals surface area contributed by atoms with E-state index in [0.29, 0.717) is 12.2 Å². The van der Waals surface area contributed by atoms with E-state index in [4.69, 9.17) is 0 Å². The van der Waals surface area contributed by atoms with Gasteiger partial charge in [0, 0.05) is 28.5 Å². The van der Waals surface area contributed by atoms with Gasteiger partial charge in [0.15, 0.2) is 0 Å². The molecule has 0 N–H and O–H groups in total. The molecule has 0 spiro atoms. The second-order valence-corrected chi connectivity index (χ2v) is 6.21. The van der Waals surface area contributed by atoms with Gasteiger partial charge in [0.25, 0.3) is 0 Å². The SMILES string of the molecule is Cc1cc(CC(=O)CSc2ccccc2Br)n(C)n1. The van der Waals surface area contributed by atoms with Gasteiger partial charge in [-0.15, -0.1) is 11.8 Å². The molecule has 3 nitrogen and oxygen atoms in total. The predicted octanol–water partition coefficient (Wildman–Crippen LogP) is 3.39. The van der Waals surface area contributed by atoms with Crippen LogP contribution in [-0.2, 0) is 18.3 Å². The highest BCUT2D eigenvalue weighted by atomic mass is 79.9. The van der Waals surface area contributed by atoms with Gasteiger partial charge >= 0.3 is 0 Å². The molecular formula is C14H15BrN2OS. The van der Waals surface area contributed by atoms with Crippen LogP contribution in [0.5, 0.6) is 0 Å². The molecule has 0 aliphatic heterocycles. The van der Waals surface area contributed by atoms with Crippen molar-refractivity contribution in [3.63, 3.8) is 0 Å². The maximum atomic E-state index is 12.0. The van der Waals surface area contributed by atoms with Gasteiger partial charge in [0.2, 0.25) is 0 Å². The molecule has 0 radical (unpaired) electrons. The molecule has 100 valence electrons. The van der Waals surface area contributed by atoms with Gasteiger partial charge in [-0.25, -0.2) is 0 Å². The van der Waals surface area contributed by atoms with Crippen molar-refractivity contribution in [2.24, 2.45) is 7.05 Å². The predicted molar refractivity (Wildman–Crippen MR) is 81.5 cm³/mol. The lowest BCUT2D eigenvalue weighted by molar-refractivity contribution is -0.116. The van der Waals surface area contributed by atoms with Gasteiger partial charge in [-0.05, 0) is 41.1 Å². The molecule has 1 aromatic heterocycles. The third kappa shape index (κ3) is 3.94. The van der Waals surface area contributed by atoms with Gasteiger partial charge < -0.3 is 0 Å². The largest absolute Gasteiger partial charge is 0.298 e. The lowest BCUT2D eigenvalue weighted by atomic mass is 10.2. The fourth-order valence-electron chi connectivity index (χ4n) is 1.80. The number of ketones is 1. The minimum Gasteiger partial charge on any atom is -0.298 e. The maximum absolute atomic E-state index is 12.0. The van der Waals surface area contributed by atoms with Gasteiger partial charge in [0.1, 0.15) is 5.78 Å². The summed E-state index contributed by atoms with van der Waals surface area (Å²) in [4.78, 5) is 13.1. The van der Waals surface area contributed by atoms with E-state index in [1.807, 2.05) is 44.3 Å². The lowest BCUT2D eigenvalue weighted by Gasteiger charge is -2.04. The number of hydrogen-bond acceptors (Lipinski definition) is 3. The molecule has 0 unspecified atom stereocenters. The van der Waals surface area contributed by atoms with E-state index in [9.17, 15) is 4.79 Å². The summed E-state index contributed by atoms with van der Waals surface area (Å²) in [5, 5.41) is 4.25. The zero-order chi connectivity index (χ0) is 13.8. The van der Waals surface area contributed by atoms with Crippen LogP contribution in [-0.4, -0.2) is 21.3 Å². The van der Waals surface area contributed by atoms with Crippen molar-refractivity contribution in [2.75, 3.05) is 5.75 Å². The fraction of sp³-hybridized carbons (Fsp3) is 0.286. The Bertz CT molecular complexity index is 595. The first-order valence-corrected chi connectivity index (χ1v) is 7.72. The van der Waals surface area contributed by atoms with Crippen LogP contribution in [0.1, 0.15) is 11.4 Å². The Labute approximate surface area is 125 Å². The van der Waals surface area contributed by atoms with Crippen LogP contribution in [0.25, 0.3) is 0 Å². The number of halogens is 1. The van der Waals surface area contributed by atoms with Gasteiger partial charge in [-0.3, -0.25) is 9.48 Å². The Morgan fingerprint density at radius 2 is 2.16 bits per heavy atom. The first-order chi connectivity index (χ1) is 9.06. The van der Waals surface area contributed by atoms with E-state index in [0.717, 1.165) is 20.8 Å². The minimum atomic E-state index is 0.212. The quantitative estimate of drug-likeness (QED) is 0.783. The molecule has 0 bridgehead atoms. The molecular weight excluding hydrogens is 324 g/mol. The normalized spacial score (nSPS) is 10.7. The summed E-state index contributed by atoms with van der Waals surface area (Å²) in [5.74, 6) is 0.691. The van der Waals surface area contributed by atoms with Gasteiger partial charge in [-0.1, -0.05) is 12.1 Å². The topological polar surface area (TPSA) is 34.9 Å². The van der Waals surface area contributed by atoms with Gasteiger partial charge in [0.05, 0.1) is 11.4 Å². The molecule has 19 heavy (non-hydrogen) atoms. The van der Waals surface area contributed by atoms with Crippen LogP contribution in [0.2, 0.25) is 0 Å². The summed E-state index contributed by atoms with van der Waals surface area (Å²) in [7, 11) is 1.87. The summed E-state index contributed by atoms with van der Waals surface area (Å²) < 4.78 is 2.81. The highest BCUT2D eigenvalue weighted by Gasteiger charge is 2.10. The highest BCUT2D eigenvalue weighted by Crippen LogP contribution is 2.27. The van der Waals surface area contributed by atoms with Crippen LogP contribution in [0, 0.1) is 6.92 Å².